The van der Waals surface area contributed by atoms with Gasteiger partial charge in [0.15, 0.2) is 12.1 Å². The number of piperidine rings is 1. The summed E-state index contributed by atoms with van der Waals surface area (Å²) in [5.74, 6) is -0.190. The maximum Gasteiger partial charge on any atom is 0.176 e. The van der Waals surface area contributed by atoms with Crippen LogP contribution in [0.3, 0.4) is 0 Å². The second-order valence-corrected chi connectivity index (χ2v) is 2.96. The summed E-state index contributed by atoms with van der Waals surface area (Å²) in [5.41, 5.74) is 0. The largest absolute Gasteiger partial charge is 0.321 e. The minimum Gasteiger partial charge on any atom is -0.321 e. The van der Waals surface area contributed by atoms with Gasteiger partial charge in [0.1, 0.15) is 0 Å². The van der Waals surface area contributed by atoms with E-state index in [0.717, 1.165) is 25.9 Å². The first kappa shape index (κ1) is 6.58. The van der Waals surface area contributed by atoms with Gasteiger partial charge in [-0.3, -0.25) is 0 Å². The summed E-state index contributed by atoms with van der Waals surface area (Å²) in [6.07, 6.45) is 2.02. The number of hydrogen-bond acceptors (Lipinski definition) is 3. The standard InChI is InChI=1S/C7H13NO2/c1-6-9-7(10-6)2-4-8-5-3-7/h6,8H,2-5H2,1H3. The van der Waals surface area contributed by atoms with Crippen LogP contribution in [0.1, 0.15) is 19.8 Å². The Balaban J connectivity index is 1.90. The lowest BCUT2D eigenvalue weighted by Gasteiger charge is -2.48. The summed E-state index contributed by atoms with van der Waals surface area (Å²) >= 11 is 0. The summed E-state index contributed by atoms with van der Waals surface area (Å²) in [6, 6.07) is 0. The molecule has 0 amide bonds. The monoisotopic (exact) mass is 143 g/mol. The highest BCUT2D eigenvalue weighted by molar-refractivity contribution is 4.82. The zero-order chi connectivity index (χ0) is 7.03. The molecule has 58 valence electrons. The zero-order valence-corrected chi connectivity index (χ0v) is 6.22. The Morgan fingerprint density at radius 1 is 1.30 bits per heavy atom. The number of nitrogens with one attached hydrogen (secondary N) is 1. The molecule has 0 radical (unpaired) electrons. The normalized spacial score (nSPS) is 32.1. The van der Waals surface area contributed by atoms with Gasteiger partial charge in [0.2, 0.25) is 0 Å². The van der Waals surface area contributed by atoms with E-state index < -0.39 is 0 Å². The highest BCUT2D eigenvalue weighted by Crippen LogP contribution is 2.35. The van der Waals surface area contributed by atoms with Gasteiger partial charge in [0, 0.05) is 25.9 Å². The predicted octanol–water partition coefficient (Wildman–Crippen LogP) is 0.459. The van der Waals surface area contributed by atoms with Crippen molar-refractivity contribution in [3.63, 3.8) is 0 Å². The van der Waals surface area contributed by atoms with Crippen molar-refractivity contribution < 1.29 is 9.47 Å². The van der Waals surface area contributed by atoms with Gasteiger partial charge in [-0.15, -0.1) is 0 Å². The molecule has 0 atom stereocenters. The van der Waals surface area contributed by atoms with Crippen molar-refractivity contribution in [3.05, 3.63) is 0 Å². The Morgan fingerprint density at radius 3 is 2.40 bits per heavy atom. The summed E-state index contributed by atoms with van der Waals surface area (Å²) in [5, 5.41) is 3.26. The van der Waals surface area contributed by atoms with Gasteiger partial charge in [0.05, 0.1) is 0 Å². The molecular formula is C7H13NO2. The van der Waals surface area contributed by atoms with Crippen molar-refractivity contribution in [2.45, 2.75) is 31.8 Å². The molecule has 2 aliphatic rings. The van der Waals surface area contributed by atoms with E-state index in [1.807, 2.05) is 6.92 Å². The van der Waals surface area contributed by atoms with Gasteiger partial charge < -0.3 is 14.8 Å². The Kier molecular flexibility index (Phi) is 1.44. The van der Waals surface area contributed by atoms with Crippen molar-refractivity contribution in [2.24, 2.45) is 0 Å². The highest BCUT2D eigenvalue weighted by atomic mass is 16.9. The maximum absolute atomic E-state index is 5.51. The predicted molar refractivity (Wildman–Crippen MR) is 36.5 cm³/mol. The molecule has 2 rings (SSSR count). The molecule has 1 spiro atoms. The molecule has 2 aliphatic heterocycles. The van der Waals surface area contributed by atoms with Crippen LogP contribution in [0, 0.1) is 0 Å². The summed E-state index contributed by atoms with van der Waals surface area (Å²) in [4.78, 5) is 0. The van der Waals surface area contributed by atoms with E-state index >= 15 is 0 Å². The van der Waals surface area contributed by atoms with Crippen LogP contribution in [0.25, 0.3) is 0 Å². The number of hydrogen-bond donors (Lipinski definition) is 1. The van der Waals surface area contributed by atoms with Crippen LogP contribution in [-0.4, -0.2) is 25.2 Å². The lowest BCUT2D eigenvalue weighted by Crippen LogP contribution is -2.57. The second-order valence-electron chi connectivity index (χ2n) is 2.96. The summed E-state index contributed by atoms with van der Waals surface area (Å²) < 4.78 is 11.0. The number of ether oxygens (including phenoxy) is 2. The van der Waals surface area contributed by atoms with Crippen LogP contribution < -0.4 is 5.32 Å². The van der Waals surface area contributed by atoms with Crippen LogP contribution in [0.4, 0.5) is 0 Å². The Bertz CT molecular complexity index is 116. The SMILES string of the molecule is CC1OC2(CCNCC2)O1. The van der Waals surface area contributed by atoms with Gasteiger partial charge in [-0.05, 0) is 6.92 Å². The minimum absolute atomic E-state index is 0.0260. The van der Waals surface area contributed by atoms with Crippen molar-refractivity contribution in [1.82, 2.24) is 5.32 Å². The van der Waals surface area contributed by atoms with E-state index in [1.165, 1.54) is 0 Å². The third-order valence-corrected chi connectivity index (χ3v) is 2.13. The Hall–Kier alpha value is -0.120. The van der Waals surface area contributed by atoms with Crippen LogP contribution >= 0.6 is 0 Å². The lowest BCUT2D eigenvalue weighted by atomic mass is 10.0. The van der Waals surface area contributed by atoms with Crippen LogP contribution in [-0.2, 0) is 9.47 Å². The zero-order valence-electron chi connectivity index (χ0n) is 6.22. The quantitative estimate of drug-likeness (QED) is 0.534. The van der Waals surface area contributed by atoms with Gasteiger partial charge in [-0.2, -0.15) is 0 Å². The topological polar surface area (TPSA) is 30.5 Å². The first-order valence-electron chi connectivity index (χ1n) is 3.87. The van der Waals surface area contributed by atoms with E-state index in [9.17, 15) is 0 Å². The fourth-order valence-corrected chi connectivity index (χ4v) is 1.66. The van der Waals surface area contributed by atoms with Crippen LogP contribution in [0.15, 0.2) is 0 Å². The summed E-state index contributed by atoms with van der Waals surface area (Å²) in [6.45, 7) is 3.98. The average molecular weight is 143 g/mol. The molecule has 2 fully saturated rings. The van der Waals surface area contributed by atoms with E-state index in [4.69, 9.17) is 9.47 Å². The molecule has 0 aliphatic carbocycles. The first-order valence-corrected chi connectivity index (χ1v) is 3.87. The molecule has 0 aromatic heterocycles. The minimum atomic E-state index is -0.190. The third-order valence-electron chi connectivity index (χ3n) is 2.13. The van der Waals surface area contributed by atoms with Gasteiger partial charge in [-0.1, -0.05) is 0 Å². The second kappa shape index (κ2) is 2.19. The van der Waals surface area contributed by atoms with Gasteiger partial charge >= 0.3 is 0 Å². The molecule has 1 N–H and O–H groups in total. The molecule has 2 saturated heterocycles. The van der Waals surface area contributed by atoms with E-state index in [0.29, 0.717) is 0 Å². The Labute approximate surface area is 60.7 Å². The number of rotatable bonds is 0. The molecule has 2 heterocycles. The van der Waals surface area contributed by atoms with E-state index in [1.54, 1.807) is 0 Å². The van der Waals surface area contributed by atoms with Crippen LogP contribution in [0.2, 0.25) is 0 Å². The molecule has 0 unspecified atom stereocenters. The third kappa shape index (κ3) is 0.944. The van der Waals surface area contributed by atoms with E-state index in [-0.39, 0.29) is 12.1 Å². The van der Waals surface area contributed by atoms with Crippen LogP contribution in [0.5, 0.6) is 0 Å². The smallest absolute Gasteiger partial charge is 0.176 e. The Morgan fingerprint density at radius 2 is 1.90 bits per heavy atom. The van der Waals surface area contributed by atoms with Crippen molar-refractivity contribution in [2.75, 3.05) is 13.1 Å². The molecule has 3 nitrogen and oxygen atoms in total. The molecule has 0 bridgehead atoms. The van der Waals surface area contributed by atoms with Gasteiger partial charge in [0.25, 0.3) is 0 Å². The molecule has 3 heteroatoms. The highest BCUT2D eigenvalue weighted by Gasteiger charge is 2.45. The molecular weight excluding hydrogens is 130 g/mol. The van der Waals surface area contributed by atoms with Crippen molar-refractivity contribution in [3.8, 4) is 0 Å². The molecule has 0 aromatic rings. The fraction of sp³-hybridized carbons (Fsp3) is 1.00. The van der Waals surface area contributed by atoms with Gasteiger partial charge in [-0.25, -0.2) is 0 Å². The molecule has 10 heavy (non-hydrogen) atoms. The first-order chi connectivity index (χ1) is 4.81. The van der Waals surface area contributed by atoms with Crippen molar-refractivity contribution >= 4 is 0 Å². The van der Waals surface area contributed by atoms with E-state index in [2.05, 4.69) is 5.32 Å². The molecule has 0 aromatic carbocycles. The molecule has 0 saturated carbocycles. The average Bonchev–Trinajstić information content (AvgIpc) is 1.87. The maximum atomic E-state index is 5.51. The lowest BCUT2D eigenvalue weighted by molar-refractivity contribution is -0.451. The fourth-order valence-electron chi connectivity index (χ4n) is 1.66. The summed E-state index contributed by atoms with van der Waals surface area (Å²) in [7, 11) is 0. The van der Waals surface area contributed by atoms with Crippen molar-refractivity contribution in [1.29, 1.82) is 0 Å².